The normalized spacial score (nSPS) is 35.1. The van der Waals surface area contributed by atoms with Gasteiger partial charge in [-0.25, -0.2) is 0 Å². The van der Waals surface area contributed by atoms with E-state index < -0.39 is 37.3 Å². The highest BCUT2D eigenvalue weighted by atomic mass is 16.7. The van der Waals surface area contributed by atoms with Crippen molar-refractivity contribution in [1.82, 2.24) is 0 Å². The zero-order valence-electron chi connectivity index (χ0n) is 10.1. The Hall–Kier alpha value is -1.38. The molecule has 0 saturated carbocycles. The molecule has 1 aromatic rings. The average molecular weight is 271 g/mol. The number of rotatable bonds is 3. The van der Waals surface area contributed by atoms with Crippen LogP contribution in [0.3, 0.4) is 0 Å². The molecule has 19 heavy (non-hydrogen) atoms. The second-order valence-electron chi connectivity index (χ2n) is 4.38. The summed E-state index contributed by atoms with van der Waals surface area (Å²) >= 11 is 0. The van der Waals surface area contributed by atoms with E-state index in [-0.39, 0.29) is 0 Å². The van der Waals surface area contributed by atoms with Gasteiger partial charge in [0.15, 0.2) is 0 Å². The van der Waals surface area contributed by atoms with Crippen molar-refractivity contribution in [3.63, 3.8) is 0 Å². The first-order valence-electron chi connectivity index (χ1n) is 5.85. The molecule has 0 radical (unpaired) electrons. The molecular weight excluding hydrogens is 254 g/mol. The molecule has 106 valence electrons. The first-order valence-corrected chi connectivity index (χ1v) is 5.85. The second-order valence-corrected chi connectivity index (χ2v) is 4.38. The Bertz CT molecular complexity index is 409. The minimum atomic E-state index is -1.45. The largest absolute Gasteiger partial charge is 0.462 e. The van der Waals surface area contributed by atoms with E-state index in [9.17, 15) is 15.3 Å². The van der Waals surface area contributed by atoms with Crippen LogP contribution >= 0.6 is 0 Å². The zero-order valence-corrected chi connectivity index (χ0v) is 10.1. The van der Waals surface area contributed by atoms with Gasteiger partial charge in [0.25, 0.3) is 0 Å². The van der Waals surface area contributed by atoms with E-state index in [4.69, 9.17) is 20.3 Å². The van der Waals surface area contributed by atoms with Crippen molar-refractivity contribution < 1.29 is 29.9 Å². The molecule has 1 aliphatic rings. The van der Waals surface area contributed by atoms with Crippen molar-refractivity contribution in [3.8, 4) is 5.75 Å². The molecule has 1 aliphatic heterocycles. The lowest BCUT2D eigenvalue weighted by atomic mass is 9.99. The summed E-state index contributed by atoms with van der Waals surface area (Å²) < 4.78 is 10.6. The number of anilines is 1. The van der Waals surface area contributed by atoms with E-state index >= 15 is 0 Å². The van der Waals surface area contributed by atoms with Gasteiger partial charge in [0.2, 0.25) is 6.29 Å². The van der Waals surface area contributed by atoms with Crippen LogP contribution in [-0.4, -0.2) is 57.7 Å². The highest BCUT2D eigenvalue weighted by Crippen LogP contribution is 2.24. The van der Waals surface area contributed by atoms with E-state index in [0.717, 1.165) is 0 Å². The number of nitrogen functional groups attached to an aromatic ring is 1. The molecular formula is C12H17NO6. The van der Waals surface area contributed by atoms with Crippen molar-refractivity contribution >= 4 is 5.69 Å². The molecule has 1 saturated heterocycles. The molecule has 1 fully saturated rings. The maximum absolute atomic E-state index is 9.77. The summed E-state index contributed by atoms with van der Waals surface area (Å²) in [6.45, 7) is -0.494. The number of hydrogen-bond donors (Lipinski definition) is 5. The maximum Gasteiger partial charge on any atom is 0.229 e. The van der Waals surface area contributed by atoms with E-state index in [2.05, 4.69) is 0 Å². The van der Waals surface area contributed by atoms with Crippen LogP contribution in [0.1, 0.15) is 0 Å². The Morgan fingerprint density at radius 2 is 1.68 bits per heavy atom. The minimum absolute atomic E-state index is 0.388. The van der Waals surface area contributed by atoms with Gasteiger partial charge in [0.1, 0.15) is 30.2 Å². The van der Waals surface area contributed by atoms with Gasteiger partial charge < -0.3 is 35.6 Å². The first kappa shape index (κ1) is 14.0. The topological polar surface area (TPSA) is 125 Å². The second kappa shape index (κ2) is 5.72. The van der Waals surface area contributed by atoms with E-state index in [1.165, 1.54) is 0 Å². The SMILES string of the molecule is Nc1ccc(O[C@@H]2OC(CO)[C@H](O)C(O)C2O)cc1. The predicted octanol–water partition coefficient (Wildman–Crippen LogP) is -1.55. The average Bonchev–Trinajstić information content (AvgIpc) is 2.42. The van der Waals surface area contributed by atoms with Gasteiger partial charge in [-0.1, -0.05) is 0 Å². The fourth-order valence-electron chi connectivity index (χ4n) is 1.85. The highest BCUT2D eigenvalue weighted by molar-refractivity contribution is 5.41. The molecule has 0 bridgehead atoms. The van der Waals surface area contributed by atoms with Gasteiger partial charge in [-0.15, -0.1) is 0 Å². The maximum atomic E-state index is 9.77. The lowest BCUT2D eigenvalue weighted by Crippen LogP contribution is -2.60. The van der Waals surface area contributed by atoms with Gasteiger partial charge in [-0.3, -0.25) is 0 Å². The summed E-state index contributed by atoms with van der Waals surface area (Å²) in [5, 5.41) is 38.0. The van der Waals surface area contributed by atoms with Crippen LogP contribution in [-0.2, 0) is 4.74 Å². The Balaban J connectivity index is 2.08. The standard InChI is InChI=1S/C12H17NO6/c13-6-1-3-7(4-2-6)18-12-11(17)10(16)9(15)8(5-14)19-12/h1-4,8-12,14-17H,5,13H2/t8?,9-,10?,11?,12+/m0/s1. The fraction of sp³-hybridized carbons (Fsp3) is 0.500. The van der Waals surface area contributed by atoms with Crippen molar-refractivity contribution in [2.45, 2.75) is 30.7 Å². The molecule has 0 aromatic heterocycles. The molecule has 6 N–H and O–H groups in total. The Morgan fingerprint density at radius 3 is 2.26 bits per heavy atom. The molecule has 7 nitrogen and oxygen atoms in total. The number of benzene rings is 1. The lowest BCUT2D eigenvalue weighted by Gasteiger charge is -2.39. The summed E-state index contributed by atoms with van der Waals surface area (Å²) in [6.07, 6.45) is -6.44. The molecule has 5 atom stereocenters. The van der Waals surface area contributed by atoms with Crippen LogP contribution in [0.5, 0.6) is 5.75 Å². The van der Waals surface area contributed by atoms with Crippen LogP contribution in [0.2, 0.25) is 0 Å². The Kier molecular flexibility index (Phi) is 4.23. The third-order valence-corrected chi connectivity index (χ3v) is 2.98. The number of hydrogen-bond acceptors (Lipinski definition) is 7. The molecule has 0 amide bonds. The van der Waals surface area contributed by atoms with Crippen molar-refractivity contribution in [1.29, 1.82) is 0 Å². The van der Waals surface area contributed by atoms with Gasteiger partial charge in [0, 0.05) is 5.69 Å². The third kappa shape index (κ3) is 2.96. The molecule has 2 rings (SSSR count). The summed E-state index contributed by atoms with van der Waals surface area (Å²) in [7, 11) is 0. The van der Waals surface area contributed by atoms with Gasteiger partial charge in [0.05, 0.1) is 6.61 Å². The van der Waals surface area contributed by atoms with Crippen LogP contribution in [0, 0.1) is 0 Å². The third-order valence-electron chi connectivity index (χ3n) is 2.98. The van der Waals surface area contributed by atoms with Crippen LogP contribution < -0.4 is 10.5 Å². The van der Waals surface area contributed by atoms with Gasteiger partial charge in [-0.2, -0.15) is 0 Å². The molecule has 3 unspecified atom stereocenters. The van der Waals surface area contributed by atoms with Crippen LogP contribution in [0.25, 0.3) is 0 Å². The zero-order chi connectivity index (χ0) is 14.0. The van der Waals surface area contributed by atoms with Crippen molar-refractivity contribution in [2.24, 2.45) is 0 Å². The highest BCUT2D eigenvalue weighted by Gasteiger charge is 2.44. The molecule has 1 aromatic carbocycles. The summed E-state index contributed by atoms with van der Waals surface area (Å²) in [5.41, 5.74) is 6.09. The minimum Gasteiger partial charge on any atom is -0.462 e. The van der Waals surface area contributed by atoms with E-state index in [0.29, 0.717) is 11.4 Å². The Labute approximate surface area is 109 Å². The quantitative estimate of drug-likeness (QED) is 0.421. The van der Waals surface area contributed by atoms with E-state index in [1.807, 2.05) is 0 Å². The number of ether oxygens (including phenoxy) is 2. The van der Waals surface area contributed by atoms with E-state index in [1.54, 1.807) is 24.3 Å². The molecule has 0 spiro atoms. The number of nitrogens with two attached hydrogens (primary N) is 1. The molecule has 7 heteroatoms. The van der Waals surface area contributed by atoms with Crippen molar-refractivity contribution in [2.75, 3.05) is 12.3 Å². The lowest BCUT2D eigenvalue weighted by molar-refractivity contribution is -0.277. The number of aliphatic hydroxyl groups is 4. The van der Waals surface area contributed by atoms with Gasteiger partial charge in [-0.05, 0) is 24.3 Å². The summed E-state index contributed by atoms with van der Waals surface area (Å²) in [5.74, 6) is 0.388. The summed E-state index contributed by atoms with van der Waals surface area (Å²) in [4.78, 5) is 0. The Morgan fingerprint density at radius 1 is 1.05 bits per heavy atom. The monoisotopic (exact) mass is 271 g/mol. The molecule has 1 heterocycles. The number of aliphatic hydroxyl groups excluding tert-OH is 4. The first-order chi connectivity index (χ1) is 9.02. The summed E-state index contributed by atoms with van der Waals surface area (Å²) in [6, 6.07) is 6.38. The smallest absolute Gasteiger partial charge is 0.229 e. The van der Waals surface area contributed by atoms with Crippen LogP contribution in [0.15, 0.2) is 24.3 Å². The van der Waals surface area contributed by atoms with Gasteiger partial charge >= 0.3 is 0 Å². The molecule has 0 aliphatic carbocycles. The van der Waals surface area contributed by atoms with Crippen LogP contribution in [0.4, 0.5) is 5.69 Å². The fourth-order valence-corrected chi connectivity index (χ4v) is 1.85. The van der Waals surface area contributed by atoms with Crippen molar-refractivity contribution in [3.05, 3.63) is 24.3 Å². The predicted molar refractivity (Wildman–Crippen MR) is 65.2 cm³/mol.